The van der Waals surface area contributed by atoms with Crippen molar-refractivity contribution in [1.29, 1.82) is 5.26 Å². The van der Waals surface area contributed by atoms with Gasteiger partial charge in [0.2, 0.25) is 0 Å². The van der Waals surface area contributed by atoms with Crippen LogP contribution in [0.1, 0.15) is 29.5 Å². The number of unbranched alkanes of at least 4 members (excludes halogenated alkanes) is 1. The van der Waals surface area contributed by atoms with Crippen molar-refractivity contribution in [3.8, 4) is 6.07 Å². The van der Waals surface area contributed by atoms with Crippen molar-refractivity contribution in [1.82, 2.24) is 0 Å². The van der Waals surface area contributed by atoms with Crippen molar-refractivity contribution in [3.05, 3.63) is 34.9 Å². The van der Waals surface area contributed by atoms with Crippen molar-refractivity contribution in [2.75, 3.05) is 6.54 Å². The molecule has 0 saturated carbocycles. The smallest absolute Gasteiger partial charge is 0.0669 e. The van der Waals surface area contributed by atoms with Crippen LogP contribution in [0.4, 0.5) is 0 Å². The maximum Gasteiger partial charge on any atom is 0.0669 e. The SMILES string of the molecule is Cc1cc(CC#N)cc(CCCCN)c1. The Kier molecular flexibility index (Phi) is 4.86. The number of hydrogen-bond acceptors (Lipinski definition) is 2. The van der Waals surface area contributed by atoms with Gasteiger partial charge in [-0.2, -0.15) is 5.26 Å². The number of nitrogens with zero attached hydrogens (tertiary/aromatic N) is 1. The lowest BCUT2D eigenvalue weighted by atomic mass is 10.0. The molecule has 0 bridgehead atoms. The normalized spacial score (nSPS) is 9.93. The molecule has 2 N–H and O–H groups in total. The van der Waals surface area contributed by atoms with E-state index in [1.54, 1.807) is 0 Å². The number of hydrogen-bond donors (Lipinski definition) is 1. The molecule has 1 aromatic carbocycles. The molecule has 2 nitrogen and oxygen atoms in total. The van der Waals surface area contributed by atoms with E-state index in [0.29, 0.717) is 6.42 Å². The second-order valence-corrected chi connectivity index (χ2v) is 3.91. The summed E-state index contributed by atoms with van der Waals surface area (Å²) < 4.78 is 0. The van der Waals surface area contributed by atoms with E-state index in [1.807, 2.05) is 0 Å². The summed E-state index contributed by atoms with van der Waals surface area (Å²) in [5, 5.41) is 8.65. The molecule has 80 valence electrons. The summed E-state index contributed by atoms with van der Waals surface area (Å²) in [6.07, 6.45) is 3.77. The van der Waals surface area contributed by atoms with E-state index in [1.165, 1.54) is 11.1 Å². The van der Waals surface area contributed by atoms with Crippen molar-refractivity contribution >= 4 is 0 Å². The molecule has 0 saturated heterocycles. The van der Waals surface area contributed by atoms with Gasteiger partial charge in [0, 0.05) is 0 Å². The zero-order valence-corrected chi connectivity index (χ0v) is 9.29. The van der Waals surface area contributed by atoms with Crippen LogP contribution < -0.4 is 5.73 Å². The van der Waals surface area contributed by atoms with Gasteiger partial charge in [-0.15, -0.1) is 0 Å². The fraction of sp³-hybridized carbons (Fsp3) is 0.462. The van der Waals surface area contributed by atoms with Crippen LogP contribution in [0.2, 0.25) is 0 Å². The zero-order valence-electron chi connectivity index (χ0n) is 9.29. The lowest BCUT2D eigenvalue weighted by Crippen LogP contribution is -1.99. The van der Waals surface area contributed by atoms with Crippen LogP contribution in [-0.2, 0) is 12.8 Å². The van der Waals surface area contributed by atoms with Crippen LogP contribution >= 0.6 is 0 Å². The van der Waals surface area contributed by atoms with Gasteiger partial charge in [0.1, 0.15) is 0 Å². The van der Waals surface area contributed by atoms with E-state index in [4.69, 9.17) is 11.0 Å². The molecule has 15 heavy (non-hydrogen) atoms. The average molecular weight is 202 g/mol. The Labute approximate surface area is 91.7 Å². The van der Waals surface area contributed by atoms with Crippen LogP contribution in [0, 0.1) is 18.3 Å². The largest absolute Gasteiger partial charge is 0.330 e. The molecule has 0 fully saturated rings. The van der Waals surface area contributed by atoms with Gasteiger partial charge < -0.3 is 5.73 Å². The van der Waals surface area contributed by atoms with E-state index in [0.717, 1.165) is 31.4 Å². The highest BCUT2D eigenvalue weighted by Crippen LogP contribution is 2.12. The molecule has 0 aliphatic rings. The molecule has 0 unspecified atom stereocenters. The van der Waals surface area contributed by atoms with E-state index in [9.17, 15) is 0 Å². The molecule has 2 heteroatoms. The van der Waals surface area contributed by atoms with E-state index < -0.39 is 0 Å². The molecule has 0 amide bonds. The topological polar surface area (TPSA) is 49.8 Å². The number of aryl methyl sites for hydroxylation is 2. The Bertz CT molecular complexity index is 350. The van der Waals surface area contributed by atoms with Gasteiger partial charge in [-0.1, -0.05) is 23.8 Å². The monoisotopic (exact) mass is 202 g/mol. The molecular formula is C13H18N2. The summed E-state index contributed by atoms with van der Waals surface area (Å²) in [6, 6.07) is 8.59. The van der Waals surface area contributed by atoms with Crippen LogP contribution in [0.25, 0.3) is 0 Å². The Morgan fingerprint density at radius 1 is 1.20 bits per heavy atom. The van der Waals surface area contributed by atoms with Gasteiger partial charge in [-0.25, -0.2) is 0 Å². The summed E-state index contributed by atoms with van der Waals surface area (Å²) in [5.74, 6) is 0. The summed E-state index contributed by atoms with van der Waals surface area (Å²) >= 11 is 0. The maximum atomic E-state index is 8.65. The first-order chi connectivity index (χ1) is 7.26. The highest BCUT2D eigenvalue weighted by molar-refractivity contribution is 5.31. The van der Waals surface area contributed by atoms with Crippen LogP contribution in [0.5, 0.6) is 0 Å². The Morgan fingerprint density at radius 2 is 1.93 bits per heavy atom. The third kappa shape index (κ3) is 4.14. The molecule has 0 heterocycles. The van der Waals surface area contributed by atoms with E-state index in [-0.39, 0.29) is 0 Å². The van der Waals surface area contributed by atoms with Crippen molar-refractivity contribution in [2.45, 2.75) is 32.6 Å². The van der Waals surface area contributed by atoms with E-state index in [2.05, 4.69) is 31.2 Å². The fourth-order valence-corrected chi connectivity index (χ4v) is 1.76. The second-order valence-electron chi connectivity index (χ2n) is 3.91. The number of nitriles is 1. The number of rotatable bonds is 5. The molecule has 0 atom stereocenters. The van der Waals surface area contributed by atoms with Crippen molar-refractivity contribution in [2.24, 2.45) is 5.73 Å². The molecule has 0 aliphatic heterocycles. The Morgan fingerprint density at radius 3 is 2.60 bits per heavy atom. The second kappa shape index (κ2) is 6.21. The first kappa shape index (κ1) is 11.7. The predicted octanol–water partition coefficient (Wildman–Crippen LogP) is 2.34. The molecule has 0 aliphatic carbocycles. The van der Waals surface area contributed by atoms with Crippen LogP contribution in [0.3, 0.4) is 0 Å². The Hall–Kier alpha value is -1.33. The minimum absolute atomic E-state index is 0.506. The van der Waals surface area contributed by atoms with E-state index >= 15 is 0 Å². The van der Waals surface area contributed by atoms with Gasteiger partial charge in [-0.05, 0) is 43.9 Å². The standard InChI is InChI=1S/C13H18N2/c1-11-8-12(4-2-3-6-14)10-13(9-11)5-7-15/h8-10H,2-6,14H2,1H3. The van der Waals surface area contributed by atoms with Gasteiger partial charge in [-0.3, -0.25) is 0 Å². The third-order valence-electron chi connectivity index (χ3n) is 2.40. The predicted molar refractivity (Wildman–Crippen MR) is 62.5 cm³/mol. The quantitative estimate of drug-likeness (QED) is 0.745. The molecule has 0 aromatic heterocycles. The minimum atomic E-state index is 0.506. The third-order valence-corrected chi connectivity index (χ3v) is 2.40. The first-order valence-electron chi connectivity index (χ1n) is 5.42. The molecule has 1 rings (SSSR count). The maximum absolute atomic E-state index is 8.65. The van der Waals surface area contributed by atoms with Crippen molar-refractivity contribution < 1.29 is 0 Å². The lowest BCUT2D eigenvalue weighted by Gasteiger charge is -2.05. The van der Waals surface area contributed by atoms with Crippen molar-refractivity contribution in [3.63, 3.8) is 0 Å². The van der Waals surface area contributed by atoms with Gasteiger partial charge in [0.05, 0.1) is 12.5 Å². The molecule has 1 aromatic rings. The lowest BCUT2D eigenvalue weighted by molar-refractivity contribution is 0.744. The first-order valence-corrected chi connectivity index (χ1v) is 5.42. The Balaban J connectivity index is 2.67. The van der Waals surface area contributed by atoms with Gasteiger partial charge in [0.15, 0.2) is 0 Å². The van der Waals surface area contributed by atoms with Crippen LogP contribution in [-0.4, -0.2) is 6.54 Å². The molecule has 0 radical (unpaired) electrons. The summed E-state index contributed by atoms with van der Waals surface area (Å²) in [7, 11) is 0. The molecule has 0 spiro atoms. The highest BCUT2D eigenvalue weighted by atomic mass is 14.5. The van der Waals surface area contributed by atoms with Gasteiger partial charge >= 0.3 is 0 Å². The summed E-state index contributed by atoms with van der Waals surface area (Å²) in [4.78, 5) is 0. The summed E-state index contributed by atoms with van der Waals surface area (Å²) in [5.41, 5.74) is 9.15. The fourth-order valence-electron chi connectivity index (χ4n) is 1.76. The average Bonchev–Trinajstić information content (AvgIpc) is 2.18. The zero-order chi connectivity index (χ0) is 11.1. The summed E-state index contributed by atoms with van der Waals surface area (Å²) in [6.45, 7) is 2.84. The number of benzene rings is 1. The van der Waals surface area contributed by atoms with Gasteiger partial charge in [0.25, 0.3) is 0 Å². The van der Waals surface area contributed by atoms with Crippen LogP contribution in [0.15, 0.2) is 18.2 Å². The molecular weight excluding hydrogens is 184 g/mol. The highest BCUT2D eigenvalue weighted by Gasteiger charge is 1.98. The number of nitrogens with two attached hydrogens (primary N) is 1. The minimum Gasteiger partial charge on any atom is -0.330 e.